The highest BCUT2D eigenvalue weighted by molar-refractivity contribution is 5.96. The smallest absolute Gasteiger partial charge is 0.408 e. The average Bonchev–Trinajstić information content (AvgIpc) is 3.43. The lowest BCUT2D eigenvalue weighted by molar-refractivity contribution is -0.135. The maximum Gasteiger partial charge on any atom is 0.408 e. The van der Waals surface area contributed by atoms with E-state index >= 15 is 0 Å². The Morgan fingerprint density at radius 1 is 1.02 bits per heavy atom. The molecule has 240 valence electrons. The Kier molecular flexibility index (Phi) is 10.1. The van der Waals surface area contributed by atoms with Crippen LogP contribution in [0.3, 0.4) is 0 Å². The summed E-state index contributed by atoms with van der Waals surface area (Å²) in [6.07, 6.45) is 4.33. The number of aryl methyl sites for hydroxylation is 1. The Labute approximate surface area is 264 Å². The van der Waals surface area contributed by atoms with Crippen LogP contribution in [0.4, 0.5) is 4.79 Å². The van der Waals surface area contributed by atoms with Crippen LogP contribution in [0.15, 0.2) is 54.6 Å². The molecule has 6 N–H and O–H groups in total. The molecule has 10 heteroatoms. The number of H-pyrrole nitrogens is 1. The van der Waals surface area contributed by atoms with Crippen LogP contribution in [0.1, 0.15) is 69.2 Å². The predicted octanol–water partition coefficient (Wildman–Crippen LogP) is 4.26. The maximum absolute atomic E-state index is 14.2. The highest BCUT2D eigenvalue weighted by Gasteiger charge is 2.45. The molecule has 0 radical (unpaired) electrons. The van der Waals surface area contributed by atoms with Gasteiger partial charge in [0.1, 0.15) is 18.2 Å². The van der Waals surface area contributed by atoms with Gasteiger partial charge in [-0.3, -0.25) is 14.4 Å². The summed E-state index contributed by atoms with van der Waals surface area (Å²) in [5.41, 5.74) is 8.23. The summed E-state index contributed by atoms with van der Waals surface area (Å²) < 4.78 is 5.44. The Morgan fingerprint density at radius 3 is 2.44 bits per heavy atom. The normalized spacial score (nSPS) is 22.4. The number of amides is 4. The van der Waals surface area contributed by atoms with E-state index in [-0.39, 0.29) is 36.2 Å². The van der Waals surface area contributed by atoms with E-state index in [4.69, 9.17) is 10.5 Å². The van der Waals surface area contributed by atoms with Crippen LogP contribution in [0.25, 0.3) is 10.9 Å². The van der Waals surface area contributed by atoms with E-state index in [1.807, 2.05) is 68.4 Å². The number of aromatic nitrogens is 1. The van der Waals surface area contributed by atoms with Gasteiger partial charge >= 0.3 is 6.09 Å². The van der Waals surface area contributed by atoms with Crippen LogP contribution >= 0.6 is 0 Å². The summed E-state index contributed by atoms with van der Waals surface area (Å²) in [7, 11) is 0. The van der Waals surface area contributed by atoms with Crippen molar-refractivity contribution in [2.45, 2.75) is 83.4 Å². The number of carbonyl (C=O) groups excluding carboxylic acids is 4. The molecule has 4 amide bonds. The summed E-state index contributed by atoms with van der Waals surface area (Å²) in [5.74, 6) is -0.991. The van der Waals surface area contributed by atoms with Gasteiger partial charge in [0, 0.05) is 35.5 Å². The largest absolute Gasteiger partial charge is 0.445 e. The van der Waals surface area contributed by atoms with Gasteiger partial charge in [-0.2, -0.15) is 0 Å². The number of alkyl carbamates (subject to hydrolysis) is 1. The number of hydrogen-bond donors (Lipinski definition) is 5. The number of fused-ring (bicyclic) bond motifs is 3. The van der Waals surface area contributed by atoms with Gasteiger partial charge in [-0.05, 0) is 67.6 Å². The number of benzene rings is 2. The monoisotopic (exact) mass is 615 g/mol. The molecule has 2 aliphatic carbocycles. The zero-order valence-corrected chi connectivity index (χ0v) is 26.2. The third-order valence-corrected chi connectivity index (χ3v) is 9.76. The van der Waals surface area contributed by atoms with Gasteiger partial charge < -0.3 is 31.4 Å². The lowest BCUT2D eigenvalue weighted by Gasteiger charge is -2.39. The van der Waals surface area contributed by atoms with Crippen molar-refractivity contribution in [2.75, 3.05) is 6.54 Å². The number of rotatable bonds is 11. The molecule has 1 aromatic heterocycles. The first kappa shape index (κ1) is 32.1. The van der Waals surface area contributed by atoms with E-state index in [0.29, 0.717) is 32.2 Å². The molecule has 1 fully saturated rings. The van der Waals surface area contributed by atoms with Crippen molar-refractivity contribution < 1.29 is 23.9 Å². The molecule has 45 heavy (non-hydrogen) atoms. The minimum absolute atomic E-state index is 0.0819. The number of nitrogens with two attached hydrogens (primary N) is 1. The van der Waals surface area contributed by atoms with Crippen LogP contribution in [-0.4, -0.2) is 46.9 Å². The first-order valence-corrected chi connectivity index (χ1v) is 16.1. The molecule has 3 aromatic rings. The molecule has 1 saturated carbocycles. The van der Waals surface area contributed by atoms with Crippen LogP contribution in [-0.2, 0) is 38.6 Å². The standard InChI is InChI=1S/C35H45N5O5/c1-3-22(2)30(39-34(44)45-21-24-9-5-4-6-10-24)32(42)40-35(33(43)37-20-23-13-15-25(16-14-23)31(36)41)18-17-29-27(19-35)26-11-7-8-12-28(26)38-29/h4-12,22-23,25,30,38H,3,13-21H2,1-2H3,(H2,36,41)(H,37,43)(H,39,44)(H,40,42)/t22-,23?,25?,30-,35+/m0/s1. The topological polar surface area (TPSA) is 155 Å². The van der Waals surface area contributed by atoms with Gasteiger partial charge in [0.15, 0.2) is 0 Å². The molecule has 0 bridgehead atoms. The van der Waals surface area contributed by atoms with Crippen LogP contribution in [0, 0.1) is 17.8 Å². The number of ether oxygens (including phenoxy) is 1. The summed E-state index contributed by atoms with van der Waals surface area (Å²) in [6.45, 7) is 4.39. The van der Waals surface area contributed by atoms with Crippen molar-refractivity contribution in [1.82, 2.24) is 20.9 Å². The molecule has 0 spiro atoms. The SMILES string of the molecule is CC[C@H](C)[C@H](NC(=O)OCc1ccccc1)C(=O)N[C@]1(C(=O)NCC2CCC(C(N)=O)CC2)CCc2[nH]c3ccccc3c2C1. The Bertz CT molecular complexity index is 1510. The number of aromatic amines is 1. The van der Waals surface area contributed by atoms with Crippen molar-refractivity contribution in [2.24, 2.45) is 23.5 Å². The predicted molar refractivity (Wildman–Crippen MR) is 172 cm³/mol. The highest BCUT2D eigenvalue weighted by atomic mass is 16.5. The number of primary amides is 1. The van der Waals surface area contributed by atoms with Crippen molar-refractivity contribution in [3.05, 3.63) is 71.4 Å². The second-order valence-corrected chi connectivity index (χ2v) is 12.8. The summed E-state index contributed by atoms with van der Waals surface area (Å²) in [4.78, 5) is 56.2. The molecular formula is C35H45N5O5. The molecule has 10 nitrogen and oxygen atoms in total. The van der Waals surface area contributed by atoms with E-state index in [0.717, 1.165) is 53.4 Å². The fourth-order valence-corrected chi connectivity index (χ4v) is 6.72. The van der Waals surface area contributed by atoms with E-state index in [1.165, 1.54) is 0 Å². The number of carbonyl (C=O) groups is 4. The molecular weight excluding hydrogens is 570 g/mol. The molecule has 0 unspecified atom stereocenters. The van der Waals surface area contributed by atoms with Gasteiger partial charge in [-0.25, -0.2) is 4.79 Å². The van der Waals surface area contributed by atoms with Gasteiger partial charge in [0.2, 0.25) is 17.7 Å². The van der Waals surface area contributed by atoms with Gasteiger partial charge in [0.25, 0.3) is 0 Å². The highest BCUT2D eigenvalue weighted by Crippen LogP contribution is 2.35. The summed E-state index contributed by atoms with van der Waals surface area (Å²) in [5, 5.41) is 10.1. The Morgan fingerprint density at radius 2 is 1.73 bits per heavy atom. The van der Waals surface area contributed by atoms with Gasteiger partial charge in [-0.15, -0.1) is 0 Å². The zero-order valence-electron chi connectivity index (χ0n) is 26.2. The third kappa shape index (κ3) is 7.49. The number of nitrogens with one attached hydrogen (secondary N) is 4. The lowest BCUT2D eigenvalue weighted by Crippen LogP contribution is -2.65. The van der Waals surface area contributed by atoms with E-state index in [1.54, 1.807) is 0 Å². The third-order valence-electron chi connectivity index (χ3n) is 9.76. The molecule has 5 rings (SSSR count). The molecule has 3 atom stereocenters. The molecule has 2 aliphatic rings. The van der Waals surface area contributed by atoms with Crippen LogP contribution in [0.2, 0.25) is 0 Å². The Balaban J connectivity index is 1.33. The molecule has 0 saturated heterocycles. The van der Waals surface area contributed by atoms with Crippen molar-refractivity contribution >= 4 is 34.7 Å². The van der Waals surface area contributed by atoms with E-state index < -0.39 is 23.6 Å². The van der Waals surface area contributed by atoms with E-state index in [9.17, 15) is 19.2 Å². The second kappa shape index (κ2) is 14.2. The first-order valence-electron chi connectivity index (χ1n) is 16.1. The maximum atomic E-state index is 14.2. The molecule has 0 aliphatic heterocycles. The number of hydrogen-bond acceptors (Lipinski definition) is 5. The molecule has 2 aromatic carbocycles. The van der Waals surface area contributed by atoms with E-state index in [2.05, 4.69) is 20.9 Å². The minimum atomic E-state index is -1.21. The van der Waals surface area contributed by atoms with Crippen LogP contribution < -0.4 is 21.7 Å². The quantitative estimate of drug-likeness (QED) is 0.218. The van der Waals surface area contributed by atoms with Crippen LogP contribution in [0.5, 0.6) is 0 Å². The van der Waals surface area contributed by atoms with Gasteiger partial charge in [-0.1, -0.05) is 68.8 Å². The van der Waals surface area contributed by atoms with Crippen molar-refractivity contribution in [3.8, 4) is 0 Å². The van der Waals surface area contributed by atoms with Gasteiger partial charge in [0.05, 0.1) is 0 Å². The average molecular weight is 616 g/mol. The second-order valence-electron chi connectivity index (χ2n) is 12.8. The summed E-state index contributed by atoms with van der Waals surface area (Å²) >= 11 is 0. The minimum Gasteiger partial charge on any atom is -0.445 e. The molecule has 1 heterocycles. The Hall–Kier alpha value is -4.34. The van der Waals surface area contributed by atoms with Crippen molar-refractivity contribution in [1.29, 1.82) is 0 Å². The van der Waals surface area contributed by atoms with Crippen molar-refractivity contribution in [3.63, 3.8) is 0 Å². The fourth-order valence-electron chi connectivity index (χ4n) is 6.72. The summed E-state index contributed by atoms with van der Waals surface area (Å²) in [6, 6.07) is 16.4. The zero-order chi connectivity index (χ0) is 32.0. The number of para-hydroxylation sites is 1. The fraction of sp³-hybridized carbons (Fsp3) is 0.486. The lowest BCUT2D eigenvalue weighted by atomic mass is 9.78. The first-order chi connectivity index (χ1) is 21.7.